The van der Waals surface area contributed by atoms with Crippen LogP contribution in [0.15, 0.2) is 0 Å². The van der Waals surface area contributed by atoms with Gasteiger partial charge in [0.1, 0.15) is 0 Å². The third-order valence-corrected chi connectivity index (χ3v) is 5.21. The number of piperidine rings is 1. The van der Waals surface area contributed by atoms with Gasteiger partial charge < -0.3 is 10.2 Å². The lowest BCUT2D eigenvalue weighted by Gasteiger charge is -2.42. The number of nitrogens with zero attached hydrogens (tertiary/aromatic N) is 1. The molecule has 1 N–H and O–H groups in total. The quantitative estimate of drug-likeness (QED) is 0.817. The Morgan fingerprint density at radius 3 is 2.63 bits per heavy atom. The molecule has 2 nitrogen and oxygen atoms in total. The van der Waals surface area contributed by atoms with Crippen LogP contribution < -0.4 is 5.32 Å². The zero-order valence-corrected chi connectivity index (χ0v) is 13.3. The van der Waals surface area contributed by atoms with Gasteiger partial charge in [-0.05, 0) is 50.6 Å². The monoisotopic (exact) mass is 266 g/mol. The lowest BCUT2D eigenvalue weighted by molar-refractivity contribution is 0.0807. The molecule has 0 spiro atoms. The first-order valence-electron chi connectivity index (χ1n) is 8.66. The van der Waals surface area contributed by atoms with Crippen LogP contribution in [0.5, 0.6) is 0 Å². The average Bonchev–Trinajstić information content (AvgIpc) is 2.45. The first kappa shape index (κ1) is 15.3. The Labute approximate surface area is 120 Å². The fourth-order valence-corrected chi connectivity index (χ4v) is 3.96. The molecule has 19 heavy (non-hydrogen) atoms. The van der Waals surface area contributed by atoms with E-state index in [-0.39, 0.29) is 0 Å². The van der Waals surface area contributed by atoms with E-state index >= 15 is 0 Å². The second-order valence-corrected chi connectivity index (χ2v) is 7.16. The van der Waals surface area contributed by atoms with Crippen molar-refractivity contribution in [1.29, 1.82) is 0 Å². The van der Waals surface area contributed by atoms with Crippen LogP contribution in [0, 0.1) is 11.8 Å². The molecule has 0 amide bonds. The van der Waals surface area contributed by atoms with E-state index in [0.717, 1.165) is 17.9 Å². The van der Waals surface area contributed by atoms with Crippen molar-refractivity contribution in [3.05, 3.63) is 0 Å². The SMILES string of the molecule is CCC1CCCC(N2CCCC(CNC(C)C)C2)C1. The Bertz CT molecular complexity index is 252. The minimum Gasteiger partial charge on any atom is -0.314 e. The predicted octanol–water partition coefficient (Wildman–Crippen LogP) is 3.67. The number of rotatable bonds is 5. The maximum atomic E-state index is 3.63. The van der Waals surface area contributed by atoms with E-state index < -0.39 is 0 Å². The van der Waals surface area contributed by atoms with E-state index in [1.165, 1.54) is 64.6 Å². The summed E-state index contributed by atoms with van der Waals surface area (Å²) in [4.78, 5) is 2.83. The summed E-state index contributed by atoms with van der Waals surface area (Å²) in [7, 11) is 0. The fraction of sp³-hybridized carbons (Fsp3) is 1.00. The van der Waals surface area contributed by atoms with Gasteiger partial charge in [-0.3, -0.25) is 0 Å². The van der Waals surface area contributed by atoms with Crippen LogP contribution in [-0.4, -0.2) is 36.6 Å². The largest absolute Gasteiger partial charge is 0.314 e. The molecule has 2 fully saturated rings. The topological polar surface area (TPSA) is 15.3 Å². The molecule has 1 saturated carbocycles. The summed E-state index contributed by atoms with van der Waals surface area (Å²) in [5.74, 6) is 1.89. The molecule has 1 saturated heterocycles. The van der Waals surface area contributed by atoms with Gasteiger partial charge >= 0.3 is 0 Å². The van der Waals surface area contributed by atoms with Crippen molar-refractivity contribution in [3.63, 3.8) is 0 Å². The van der Waals surface area contributed by atoms with Crippen LogP contribution in [0.3, 0.4) is 0 Å². The van der Waals surface area contributed by atoms with Gasteiger partial charge in [-0.15, -0.1) is 0 Å². The summed E-state index contributed by atoms with van der Waals surface area (Å²) in [6.45, 7) is 10.8. The second-order valence-electron chi connectivity index (χ2n) is 7.16. The van der Waals surface area contributed by atoms with E-state index in [1.54, 1.807) is 0 Å². The van der Waals surface area contributed by atoms with E-state index in [2.05, 4.69) is 31.0 Å². The maximum absolute atomic E-state index is 3.63. The highest BCUT2D eigenvalue weighted by Crippen LogP contribution is 2.31. The first-order chi connectivity index (χ1) is 9.19. The third-order valence-electron chi connectivity index (χ3n) is 5.21. The number of hydrogen-bond acceptors (Lipinski definition) is 2. The van der Waals surface area contributed by atoms with Gasteiger partial charge in [0.2, 0.25) is 0 Å². The molecule has 2 heteroatoms. The van der Waals surface area contributed by atoms with Crippen molar-refractivity contribution < 1.29 is 0 Å². The molecule has 0 aromatic rings. The zero-order chi connectivity index (χ0) is 13.7. The van der Waals surface area contributed by atoms with Gasteiger partial charge in [-0.1, -0.05) is 40.0 Å². The normalized spacial score (nSPS) is 33.8. The van der Waals surface area contributed by atoms with Gasteiger partial charge in [0, 0.05) is 18.6 Å². The molecule has 0 radical (unpaired) electrons. The van der Waals surface area contributed by atoms with Crippen LogP contribution in [-0.2, 0) is 0 Å². The van der Waals surface area contributed by atoms with Crippen molar-refractivity contribution in [2.24, 2.45) is 11.8 Å². The van der Waals surface area contributed by atoms with E-state index in [1.807, 2.05) is 0 Å². The standard InChI is InChI=1S/C17H34N2/c1-4-15-7-5-9-17(11-15)19-10-6-8-16(13-19)12-18-14(2)3/h14-18H,4-13H2,1-3H3. The Hall–Kier alpha value is -0.0800. The molecular formula is C17H34N2. The summed E-state index contributed by atoms with van der Waals surface area (Å²) in [6, 6.07) is 1.54. The van der Waals surface area contributed by atoms with Crippen LogP contribution >= 0.6 is 0 Å². The van der Waals surface area contributed by atoms with Crippen LogP contribution in [0.2, 0.25) is 0 Å². The minimum absolute atomic E-state index is 0.634. The lowest BCUT2D eigenvalue weighted by Crippen LogP contribution is -2.47. The third kappa shape index (κ3) is 4.75. The van der Waals surface area contributed by atoms with Crippen LogP contribution in [0.25, 0.3) is 0 Å². The Balaban J connectivity index is 1.79. The summed E-state index contributed by atoms with van der Waals surface area (Å²) >= 11 is 0. The zero-order valence-electron chi connectivity index (χ0n) is 13.3. The predicted molar refractivity (Wildman–Crippen MR) is 83.5 cm³/mol. The van der Waals surface area contributed by atoms with Gasteiger partial charge in [0.15, 0.2) is 0 Å². The average molecular weight is 266 g/mol. The highest BCUT2D eigenvalue weighted by atomic mass is 15.2. The van der Waals surface area contributed by atoms with E-state index in [4.69, 9.17) is 0 Å². The summed E-state index contributed by atoms with van der Waals surface area (Å²) in [6.07, 6.45) is 10.1. The van der Waals surface area contributed by atoms with Crippen molar-refractivity contribution in [2.75, 3.05) is 19.6 Å². The van der Waals surface area contributed by atoms with Crippen LogP contribution in [0.1, 0.15) is 65.7 Å². The highest BCUT2D eigenvalue weighted by molar-refractivity contribution is 4.84. The second kappa shape index (κ2) is 7.64. The van der Waals surface area contributed by atoms with Crippen molar-refractivity contribution in [2.45, 2.75) is 77.8 Å². The van der Waals surface area contributed by atoms with Gasteiger partial charge in [0.25, 0.3) is 0 Å². The number of hydrogen-bond donors (Lipinski definition) is 1. The summed E-state index contributed by atoms with van der Waals surface area (Å²) in [5, 5.41) is 3.63. The molecule has 0 bridgehead atoms. The maximum Gasteiger partial charge on any atom is 0.00980 e. The molecule has 0 aromatic carbocycles. The van der Waals surface area contributed by atoms with Crippen molar-refractivity contribution in [3.8, 4) is 0 Å². The first-order valence-corrected chi connectivity index (χ1v) is 8.66. The molecule has 0 aromatic heterocycles. The fourth-order valence-electron chi connectivity index (χ4n) is 3.96. The number of nitrogens with one attached hydrogen (secondary N) is 1. The molecule has 2 aliphatic rings. The molecular weight excluding hydrogens is 232 g/mol. The van der Waals surface area contributed by atoms with E-state index in [0.29, 0.717) is 6.04 Å². The Kier molecular flexibility index (Phi) is 6.15. The summed E-state index contributed by atoms with van der Waals surface area (Å²) in [5.41, 5.74) is 0. The number of likely N-dealkylation sites (tertiary alicyclic amines) is 1. The lowest BCUT2D eigenvalue weighted by atomic mass is 9.82. The van der Waals surface area contributed by atoms with Gasteiger partial charge in [0.05, 0.1) is 0 Å². The van der Waals surface area contributed by atoms with Crippen LogP contribution in [0.4, 0.5) is 0 Å². The molecule has 2 rings (SSSR count). The van der Waals surface area contributed by atoms with Crippen molar-refractivity contribution >= 4 is 0 Å². The Morgan fingerprint density at radius 2 is 1.89 bits per heavy atom. The van der Waals surface area contributed by atoms with E-state index in [9.17, 15) is 0 Å². The molecule has 112 valence electrons. The Morgan fingerprint density at radius 1 is 1.11 bits per heavy atom. The molecule has 1 aliphatic carbocycles. The smallest absolute Gasteiger partial charge is 0.00980 e. The van der Waals surface area contributed by atoms with Gasteiger partial charge in [-0.2, -0.15) is 0 Å². The van der Waals surface area contributed by atoms with Crippen molar-refractivity contribution in [1.82, 2.24) is 10.2 Å². The summed E-state index contributed by atoms with van der Waals surface area (Å²) < 4.78 is 0. The molecule has 3 unspecified atom stereocenters. The van der Waals surface area contributed by atoms with Gasteiger partial charge in [-0.25, -0.2) is 0 Å². The minimum atomic E-state index is 0.634. The molecule has 3 atom stereocenters. The highest BCUT2D eigenvalue weighted by Gasteiger charge is 2.29. The molecule has 1 heterocycles. The molecule has 1 aliphatic heterocycles.